The number of fused-ring (bicyclic) bond motifs is 1. The minimum Gasteiger partial charge on any atom is -0.368 e. The molecule has 1 amide bonds. The van der Waals surface area contributed by atoms with Crippen molar-refractivity contribution < 1.29 is 4.79 Å². The van der Waals surface area contributed by atoms with Gasteiger partial charge in [-0.3, -0.25) is 10.1 Å². The fourth-order valence-electron chi connectivity index (χ4n) is 2.02. The van der Waals surface area contributed by atoms with Crippen molar-refractivity contribution in [2.45, 2.75) is 32.9 Å². The molecule has 2 atom stereocenters. The Kier molecular flexibility index (Phi) is 4.17. The van der Waals surface area contributed by atoms with Crippen LogP contribution in [-0.2, 0) is 4.79 Å². The van der Waals surface area contributed by atoms with Crippen LogP contribution in [0.4, 0.5) is 0 Å². The second-order valence-corrected chi connectivity index (χ2v) is 6.09. The fourth-order valence-corrected chi connectivity index (χ4v) is 3.00. The van der Waals surface area contributed by atoms with Gasteiger partial charge in [0.25, 0.3) is 0 Å². The molecule has 0 unspecified atom stereocenters. The molecule has 1 aromatic heterocycles. The van der Waals surface area contributed by atoms with E-state index in [4.69, 9.17) is 5.73 Å². The zero-order valence-electron chi connectivity index (χ0n) is 11.4. The van der Waals surface area contributed by atoms with E-state index in [0.29, 0.717) is 0 Å². The van der Waals surface area contributed by atoms with Crippen LogP contribution in [0.15, 0.2) is 24.3 Å². The Labute approximate surface area is 117 Å². The van der Waals surface area contributed by atoms with Crippen LogP contribution in [-0.4, -0.2) is 16.9 Å². The van der Waals surface area contributed by atoms with Gasteiger partial charge in [0.15, 0.2) is 0 Å². The van der Waals surface area contributed by atoms with Crippen LogP contribution in [0.3, 0.4) is 0 Å². The Bertz CT molecular complexity index is 546. The molecule has 0 spiro atoms. The first kappa shape index (κ1) is 14.0. The van der Waals surface area contributed by atoms with Crippen LogP contribution in [0.1, 0.15) is 31.8 Å². The van der Waals surface area contributed by atoms with E-state index in [0.717, 1.165) is 15.2 Å². The predicted octanol–water partition coefficient (Wildman–Crippen LogP) is 2.46. The fraction of sp³-hybridized carbons (Fsp3) is 0.429. The number of hydrogen-bond acceptors (Lipinski definition) is 4. The molecule has 102 valence electrons. The molecule has 0 saturated heterocycles. The number of nitrogens with two attached hydrogens (primary N) is 1. The molecule has 2 rings (SSSR count). The first-order valence-electron chi connectivity index (χ1n) is 6.40. The standard InChI is InChI=1S/C14H19N3OS/c1-8(2)12(13(15)18)16-9(3)14-17-10-6-4-5-7-11(10)19-14/h4-9,12,16H,1-3H3,(H2,15,18)/t9-,12+/m1/s1. The monoisotopic (exact) mass is 277 g/mol. The third kappa shape index (κ3) is 3.11. The van der Waals surface area contributed by atoms with Crippen molar-refractivity contribution in [1.29, 1.82) is 0 Å². The summed E-state index contributed by atoms with van der Waals surface area (Å²) in [7, 11) is 0. The van der Waals surface area contributed by atoms with Gasteiger partial charge in [0.2, 0.25) is 5.91 Å². The van der Waals surface area contributed by atoms with Crippen LogP contribution in [0.25, 0.3) is 10.2 Å². The van der Waals surface area contributed by atoms with Gasteiger partial charge in [-0.25, -0.2) is 4.98 Å². The van der Waals surface area contributed by atoms with Crippen molar-refractivity contribution in [1.82, 2.24) is 10.3 Å². The van der Waals surface area contributed by atoms with E-state index in [2.05, 4.69) is 16.4 Å². The highest BCUT2D eigenvalue weighted by molar-refractivity contribution is 7.18. The van der Waals surface area contributed by atoms with E-state index < -0.39 is 0 Å². The first-order chi connectivity index (χ1) is 8.99. The second-order valence-electron chi connectivity index (χ2n) is 5.03. The summed E-state index contributed by atoms with van der Waals surface area (Å²) in [6.45, 7) is 5.97. The van der Waals surface area contributed by atoms with Gasteiger partial charge in [-0.15, -0.1) is 11.3 Å². The number of nitrogens with one attached hydrogen (secondary N) is 1. The van der Waals surface area contributed by atoms with E-state index in [9.17, 15) is 4.79 Å². The number of primary amides is 1. The molecule has 0 radical (unpaired) electrons. The SMILES string of the molecule is CC(C)[C@H](N[C@H](C)c1nc2ccccc2s1)C(N)=O. The van der Waals surface area contributed by atoms with Crippen molar-refractivity contribution in [2.75, 3.05) is 0 Å². The van der Waals surface area contributed by atoms with E-state index in [-0.39, 0.29) is 23.9 Å². The third-order valence-corrected chi connectivity index (χ3v) is 4.30. The molecule has 1 aromatic carbocycles. The molecule has 0 aliphatic carbocycles. The molecule has 0 saturated carbocycles. The largest absolute Gasteiger partial charge is 0.368 e. The van der Waals surface area contributed by atoms with E-state index in [1.54, 1.807) is 11.3 Å². The highest BCUT2D eigenvalue weighted by Gasteiger charge is 2.23. The number of carbonyl (C=O) groups is 1. The number of para-hydroxylation sites is 1. The second kappa shape index (κ2) is 5.67. The average molecular weight is 277 g/mol. The molecule has 2 aromatic rings. The Hall–Kier alpha value is -1.46. The van der Waals surface area contributed by atoms with Crippen LogP contribution in [0.5, 0.6) is 0 Å². The zero-order chi connectivity index (χ0) is 14.0. The number of rotatable bonds is 5. The molecular formula is C14H19N3OS. The topological polar surface area (TPSA) is 68.0 Å². The number of carbonyl (C=O) groups excluding carboxylic acids is 1. The molecule has 0 aliphatic heterocycles. The number of hydrogen-bond donors (Lipinski definition) is 2. The summed E-state index contributed by atoms with van der Waals surface area (Å²) in [5, 5.41) is 4.25. The molecular weight excluding hydrogens is 258 g/mol. The van der Waals surface area contributed by atoms with Gasteiger partial charge in [0.05, 0.1) is 22.3 Å². The number of nitrogens with zero attached hydrogens (tertiary/aromatic N) is 1. The Morgan fingerprint density at radius 1 is 1.32 bits per heavy atom. The van der Waals surface area contributed by atoms with Crippen molar-refractivity contribution in [3.8, 4) is 0 Å². The number of thiazole rings is 1. The Morgan fingerprint density at radius 3 is 2.58 bits per heavy atom. The van der Waals surface area contributed by atoms with Gasteiger partial charge >= 0.3 is 0 Å². The van der Waals surface area contributed by atoms with Crippen molar-refractivity contribution in [3.63, 3.8) is 0 Å². The summed E-state index contributed by atoms with van der Waals surface area (Å²) >= 11 is 1.65. The van der Waals surface area contributed by atoms with Gasteiger partial charge in [-0.2, -0.15) is 0 Å². The van der Waals surface area contributed by atoms with Crippen LogP contribution in [0.2, 0.25) is 0 Å². The van der Waals surface area contributed by atoms with Crippen molar-refractivity contribution >= 4 is 27.5 Å². The van der Waals surface area contributed by atoms with Crippen molar-refractivity contribution in [3.05, 3.63) is 29.3 Å². The van der Waals surface area contributed by atoms with E-state index >= 15 is 0 Å². The molecule has 0 bridgehead atoms. The van der Waals surface area contributed by atoms with Crippen LogP contribution >= 0.6 is 11.3 Å². The van der Waals surface area contributed by atoms with Crippen molar-refractivity contribution in [2.24, 2.45) is 11.7 Å². The summed E-state index contributed by atoms with van der Waals surface area (Å²) in [6, 6.07) is 7.71. The third-order valence-electron chi connectivity index (χ3n) is 3.08. The van der Waals surface area contributed by atoms with Gasteiger partial charge in [-0.1, -0.05) is 26.0 Å². The Balaban J connectivity index is 2.19. The van der Waals surface area contributed by atoms with Crippen LogP contribution in [0, 0.1) is 5.92 Å². The normalized spacial score (nSPS) is 14.7. The van der Waals surface area contributed by atoms with Gasteiger partial charge in [0.1, 0.15) is 5.01 Å². The summed E-state index contributed by atoms with van der Waals surface area (Å²) in [4.78, 5) is 16.0. The molecule has 4 nitrogen and oxygen atoms in total. The summed E-state index contributed by atoms with van der Waals surface area (Å²) in [6.07, 6.45) is 0. The van der Waals surface area contributed by atoms with Gasteiger partial charge in [0, 0.05) is 0 Å². The summed E-state index contributed by atoms with van der Waals surface area (Å²) in [5.74, 6) is -0.155. The lowest BCUT2D eigenvalue weighted by Gasteiger charge is -2.22. The molecule has 19 heavy (non-hydrogen) atoms. The van der Waals surface area contributed by atoms with E-state index in [1.165, 1.54) is 0 Å². The Morgan fingerprint density at radius 2 is 2.00 bits per heavy atom. The quantitative estimate of drug-likeness (QED) is 0.882. The first-order valence-corrected chi connectivity index (χ1v) is 7.21. The molecule has 1 heterocycles. The predicted molar refractivity (Wildman–Crippen MR) is 79.0 cm³/mol. The number of aromatic nitrogens is 1. The maximum atomic E-state index is 11.4. The molecule has 0 aliphatic rings. The lowest BCUT2D eigenvalue weighted by molar-refractivity contribution is -0.121. The lowest BCUT2D eigenvalue weighted by atomic mass is 10.0. The summed E-state index contributed by atoms with van der Waals surface area (Å²) < 4.78 is 1.16. The summed E-state index contributed by atoms with van der Waals surface area (Å²) in [5.41, 5.74) is 6.42. The number of benzene rings is 1. The highest BCUT2D eigenvalue weighted by Crippen LogP contribution is 2.26. The zero-order valence-corrected chi connectivity index (χ0v) is 12.2. The maximum Gasteiger partial charge on any atom is 0.234 e. The lowest BCUT2D eigenvalue weighted by Crippen LogP contribution is -2.45. The smallest absolute Gasteiger partial charge is 0.234 e. The minimum atomic E-state index is -0.331. The van der Waals surface area contributed by atoms with Gasteiger partial charge in [-0.05, 0) is 25.0 Å². The van der Waals surface area contributed by atoms with E-state index in [1.807, 2.05) is 39.0 Å². The maximum absolute atomic E-state index is 11.4. The number of amides is 1. The molecule has 5 heteroatoms. The highest BCUT2D eigenvalue weighted by atomic mass is 32.1. The average Bonchev–Trinajstić information content (AvgIpc) is 2.78. The van der Waals surface area contributed by atoms with Crippen LogP contribution < -0.4 is 11.1 Å². The minimum absolute atomic E-state index is 0.0114. The van der Waals surface area contributed by atoms with Gasteiger partial charge < -0.3 is 5.73 Å². The molecule has 0 fully saturated rings. The molecule has 3 N–H and O–H groups in total.